The highest BCUT2D eigenvalue weighted by Crippen LogP contribution is 2.32. The van der Waals surface area contributed by atoms with Crippen LogP contribution in [0.4, 0.5) is 4.79 Å². The number of likely N-dealkylation sites (tertiary alicyclic amines) is 1. The normalized spacial score (nSPS) is 20.6. The number of nitrogens with zero attached hydrogens (tertiary/aromatic N) is 2. The number of cyclic esters (lactones) is 1. The van der Waals surface area contributed by atoms with Crippen molar-refractivity contribution in [1.29, 1.82) is 0 Å². The predicted octanol–water partition coefficient (Wildman–Crippen LogP) is 0.929. The van der Waals surface area contributed by atoms with Crippen LogP contribution >= 0.6 is 0 Å². The van der Waals surface area contributed by atoms with Crippen molar-refractivity contribution in [3.8, 4) is 5.75 Å². The molecule has 0 unspecified atom stereocenters. The van der Waals surface area contributed by atoms with E-state index in [1.807, 2.05) is 0 Å². The maximum Gasteiger partial charge on any atom is 0.509 e. The molecule has 1 aromatic rings. The zero-order valence-corrected chi connectivity index (χ0v) is 10.7. The molecule has 1 spiro atoms. The molecule has 3 heterocycles. The van der Waals surface area contributed by atoms with Crippen molar-refractivity contribution in [1.82, 2.24) is 9.88 Å². The largest absolute Gasteiger partial charge is 0.509 e. The molecule has 2 fully saturated rings. The lowest BCUT2D eigenvalue weighted by Crippen LogP contribution is -2.48. The summed E-state index contributed by atoms with van der Waals surface area (Å²) in [7, 11) is 0. The molecule has 0 bridgehead atoms. The monoisotopic (exact) mass is 278 g/mol. The number of aromatic hydroxyl groups is 1. The van der Waals surface area contributed by atoms with E-state index in [9.17, 15) is 14.7 Å². The smallest absolute Gasteiger partial charge is 0.505 e. The maximum atomic E-state index is 12.3. The van der Waals surface area contributed by atoms with E-state index in [0.717, 1.165) is 0 Å². The van der Waals surface area contributed by atoms with E-state index >= 15 is 0 Å². The van der Waals surface area contributed by atoms with Crippen molar-refractivity contribution in [2.45, 2.75) is 18.4 Å². The molecule has 0 aliphatic carbocycles. The quantitative estimate of drug-likeness (QED) is 0.769. The van der Waals surface area contributed by atoms with E-state index in [4.69, 9.17) is 9.47 Å². The summed E-state index contributed by atoms with van der Waals surface area (Å²) in [5.41, 5.74) is -0.553. The highest BCUT2D eigenvalue weighted by Gasteiger charge is 2.45. The topological polar surface area (TPSA) is 89.0 Å². The van der Waals surface area contributed by atoms with Crippen LogP contribution in [0.3, 0.4) is 0 Å². The highest BCUT2D eigenvalue weighted by atomic mass is 16.8. The van der Waals surface area contributed by atoms with Crippen molar-refractivity contribution in [2.75, 3.05) is 19.7 Å². The number of hydrogen-bond acceptors (Lipinski definition) is 6. The Morgan fingerprint density at radius 1 is 1.40 bits per heavy atom. The second-order valence-electron chi connectivity index (χ2n) is 4.99. The first-order chi connectivity index (χ1) is 9.60. The van der Waals surface area contributed by atoms with Gasteiger partial charge in [0, 0.05) is 32.1 Å². The molecule has 2 aliphatic rings. The van der Waals surface area contributed by atoms with Gasteiger partial charge in [0.2, 0.25) is 0 Å². The van der Waals surface area contributed by atoms with Crippen molar-refractivity contribution < 1.29 is 24.2 Å². The van der Waals surface area contributed by atoms with E-state index < -0.39 is 11.8 Å². The second kappa shape index (κ2) is 4.66. The molecule has 0 aromatic carbocycles. The Morgan fingerprint density at radius 3 is 2.75 bits per heavy atom. The Labute approximate surface area is 115 Å². The van der Waals surface area contributed by atoms with Crippen molar-refractivity contribution in [3.63, 3.8) is 0 Å². The molecule has 0 radical (unpaired) electrons. The summed E-state index contributed by atoms with van der Waals surface area (Å²) in [6.45, 7) is 1.11. The SMILES string of the molecule is O=C1OCC2(CCN(C(=O)c3ncccc3O)CC2)O1. The third-order valence-corrected chi connectivity index (χ3v) is 3.70. The van der Waals surface area contributed by atoms with Gasteiger partial charge in [-0.2, -0.15) is 0 Å². The van der Waals surface area contributed by atoms with Crippen LogP contribution in [-0.4, -0.2) is 52.4 Å². The third-order valence-electron chi connectivity index (χ3n) is 3.70. The molecule has 7 heteroatoms. The van der Waals surface area contributed by atoms with Gasteiger partial charge in [-0.05, 0) is 12.1 Å². The molecule has 0 atom stereocenters. The molecule has 1 aromatic heterocycles. The number of pyridine rings is 1. The van der Waals surface area contributed by atoms with Crippen LogP contribution in [0.5, 0.6) is 5.75 Å². The minimum absolute atomic E-state index is 0.0446. The number of ether oxygens (including phenoxy) is 2. The minimum Gasteiger partial charge on any atom is -0.505 e. The number of aromatic nitrogens is 1. The molecule has 2 saturated heterocycles. The van der Waals surface area contributed by atoms with Crippen LogP contribution in [0.15, 0.2) is 18.3 Å². The van der Waals surface area contributed by atoms with Gasteiger partial charge in [0.15, 0.2) is 11.3 Å². The molecule has 1 amide bonds. The van der Waals surface area contributed by atoms with Gasteiger partial charge in [-0.1, -0.05) is 0 Å². The number of rotatable bonds is 1. The Morgan fingerprint density at radius 2 is 2.15 bits per heavy atom. The fraction of sp³-hybridized carbons (Fsp3) is 0.462. The van der Waals surface area contributed by atoms with Gasteiger partial charge in [0.05, 0.1) is 0 Å². The molecular formula is C13H14N2O5. The Kier molecular flexibility index (Phi) is 2.96. The van der Waals surface area contributed by atoms with Crippen LogP contribution in [-0.2, 0) is 9.47 Å². The second-order valence-corrected chi connectivity index (χ2v) is 4.99. The van der Waals surface area contributed by atoms with Crippen LogP contribution in [0.1, 0.15) is 23.3 Å². The van der Waals surface area contributed by atoms with Gasteiger partial charge >= 0.3 is 6.16 Å². The number of carbonyl (C=O) groups is 2. The number of piperidine rings is 1. The predicted molar refractivity (Wildman–Crippen MR) is 66.2 cm³/mol. The van der Waals surface area contributed by atoms with Gasteiger partial charge in [0.1, 0.15) is 12.4 Å². The van der Waals surface area contributed by atoms with Crippen molar-refractivity contribution in [2.24, 2.45) is 0 Å². The minimum atomic E-state index is -0.646. The summed E-state index contributed by atoms with van der Waals surface area (Å²) in [6, 6.07) is 2.99. The zero-order valence-electron chi connectivity index (χ0n) is 10.7. The molecule has 1 N–H and O–H groups in total. The van der Waals surface area contributed by atoms with E-state index in [0.29, 0.717) is 25.9 Å². The van der Waals surface area contributed by atoms with Crippen molar-refractivity contribution >= 4 is 12.1 Å². The summed E-state index contributed by atoms with van der Waals surface area (Å²) in [5.74, 6) is -0.448. The zero-order chi connectivity index (χ0) is 14.2. The molecule has 0 saturated carbocycles. The number of amides is 1. The Bertz CT molecular complexity index is 551. The number of hydrogen-bond donors (Lipinski definition) is 1. The van der Waals surface area contributed by atoms with E-state index in [1.165, 1.54) is 12.3 Å². The Hall–Kier alpha value is -2.31. The fourth-order valence-corrected chi connectivity index (χ4v) is 2.50. The summed E-state index contributed by atoms with van der Waals surface area (Å²) in [6.07, 6.45) is 1.87. The lowest BCUT2D eigenvalue weighted by molar-refractivity contribution is 0.00258. The van der Waals surface area contributed by atoms with E-state index in [-0.39, 0.29) is 24.0 Å². The first kappa shape index (κ1) is 12.7. The lowest BCUT2D eigenvalue weighted by atomic mass is 9.92. The first-order valence-corrected chi connectivity index (χ1v) is 6.39. The molecular weight excluding hydrogens is 264 g/mol. The summed E-state index contributed by atoms with van der Waals surface area (Å²) < 4.78 is 10.0. The Balaban J connectivity index is 1.68. The summed E-state index contributed by atoms with van der Waals surface area (Å²) in [4.78, 5) is 28.8. The van der Waals surface area contributed by atoms with Gasteiger partial charge in [-0.15, -0.1) is 0 Å². The molecule has 20 heavy (non-hydrogen) atoms. The van der Waals surface area contributed by atoms with Crippen LogP contribution in [0.2, 0.25) is 0 Å². The third kappa shape index (κ3) is 2.15. The number of carbonyl (C=O) groups excluding carboxylic acids is 2. The molecule has 2 aliphatic heterocycles. The van der Waals surface area contributed by atoms with Crippen LogP contribution in [0.25, 0.3) is 0 Å². The van der Waals surface area contributed by atoms with E-state index in [1.54, 1.807) is 11.0 Å². The molecule has 106 valence electrons. The van der Waals surface area contributed by atoms with Gasteiger partial charge in [-0.3, -0.25) is 4.79 Å². The standard InChI is InChI=1S/C13H14N2O5/c16-9-2-1-5-14-10(9)11(17)15-6-3-13(4-7-15)8-19-12(18)20-13/h1-2,5,16H,3-4,6-8H2. The van der Waals surface area contributed by atoms with Crippen molar-refractivity contribution in [3.05, 3.63) is 24.0 Å². The fourth-order valence-electron chi connectivity index (χ4n) is 2.50. The highest BCUT2D eigenvalue weighted by molar-refractivity contribution is 5.94. The molecule has 7 nitrogen and oxygen atoms in total. The average Bonchev–Trinajstić information content (AvgIpc) is 2.81. The maximum absolute atomic E-state index is 12.3. The molecule has 3 rings (SSSR count). The van der Waals surface area contributed by atoms with E-state index in [2.05, 4.69) is 4.98 Å². The van der Waals surface area contributed by atoms with Gasteiger partial charge < -0.3 is 19.5 Å². The lowest BCUT2D eigenvalue weighted by Gasteiger charge is -2.36. The first-order valence-electron chi connectivity index (χ1n) is 6.39. The summed E-state index contributed by atoms with van der Waals surface area (Å²) >= 11 is 0. The summed E-state index contributed by atoms with van der Waals surface area (Å²) in [5, 5.41) is 9.65. The van der Waals surface area contributed by atoms with Gasteiger partial charge in [-0.25, -0.2) is 9.78 Å². The van der Waals surface area contributed by atoms with Crippen LogP contribution in [0, 0.1) is 0 Å². The van der Waals surface area contributed by atoms with Crippen LogP contribution < -0.4 is 0 Å². The van der Waals surface area contributed by atoms with Gasteiger partial charge in [0.25, 0.3) is 5.91 Å². The average molecular weight is 278 g/mol.